The highest BCUT2D eigenvalue weighted by molar-refractivity contribution is 5.85. The largest absolute Gasteiger partial charge is 0.321 e. The molecule has 0 radical (unpaired) electrons. The van der Waals surface area contributed by atoms with Crippen LogP contribution in [0.4, 0.5) is 0 Å². The van der Waals surface area contributed by atoms with Gasteiger partial charge >= 0.3 is 0 Å². The van der Waals surface area contributed by atoms with Crippen LogP contribution >= 0.6 is 0 Å². The van der Waals surface area contributed by atoms with Crippen LogP contribution in [0, 0.1) is 13.8 Å². The molecule has 3 aromatic rings. The highest BCUT2D eigenvalue weighted by Gasteiger charge is 2.35. The third-order valence-electron chi connectivity index (χ3n) is 6.85. The van der Waals surface area contributed by atoms with Gasteiger partial charge in [0.1, 0.15) is 6.04 Å². The lowest BCUT2D eigenvalue weighted by Crippen LogP contribution is -2.48. The zero-order valence-electron chi connectivity index (χ0n) is 19.4. The first-order valence-electron chi connectivity index (χ1n) is 11.1. The van der Waals surface area contributed by atoms with Crippen LogP contribution in [0.3, 0.4) is 0 Å². The van der Waals surface area contributed by atoms with Crippen molar-refractivity contribution in [3.05, 3.63) is 51.1 Å². The van der Waals surface area contributed by atoms with E-state index in [9.17, 15) is 4.79 Å². The van der Waals surface area contributed by atoms with Crippen molar-refractivity contribution in [1.82, 2.24) is 35.0 Å². The van der Waals surface area contributed by atoms with E-state index in [1.165, 1.54) is 0 Å². The Morgan fingerprint density at radius 1 is 1.13 bits per heavy atom. The van der Waals surface area contributed by atoms with Gasteiger partial charge in [-0.05, 0) is 68.8 Å². The molecule has 3 heterocycles. The summed E-state index contributed by atoms with van der Waals surface area (Å²) in [5.74, 6) is 0.728. The topological polar surface area (TPSA) is 82.9 Å². The minimum atomic E-state index is -0.303. The standard InChI is InChI=1S/C23H33N7O/c1-7-23(4,5)30-21(25-26-27-30)20(29-12-10-28(6)11-13-29)18-14-17-15(2)8-9-16(3)19(17)24-22(18)31/h8-9,14,20H,7,10-13H2,1-6H3,(H,24,31)/t20-/m1/s1. The number of aromatic amines is 1. The minimum absolute atomic E-state index is 0.0750. The van der Waals surface area contributed by atoms with Crippen molar-refractivity contribution in [2.75, 3.05) is 33.2 Å². The van der Waals surface area contributed by atoms with E-state index in [4.69, 9.17) is 0 Å². The molecule has 0 spiro atoms. The van der Waals surface area contributed by atoms with E-state index in [0.717, 1.165) is 60.5 Å². The van der Waals surface area contributed by atoms with Crippen molar-refractivity contribution < 1.29 is 0 Å². The summed E-state index contributed by atoms with van der Waals surface area (Å²) in [4.78, 5) is 21.2. The summed E-state index contributed by atoms with van der Waals surface area (Å²) in [6.45, 7) is 14.1. The lowest BCUT2D eigenvalue weighted by atomic mass is 9.97. The van der Waals surface area contributed by atoms with Gasteiger partial charge in [0.2, 0.25) is 0 Å². The number of fused-ring (bicyclic) bond motifs is 1. The minimum Gasteiger partial charge on any atom is -0.321 e. The van der Waals surface area contributed by atoms with Crippen LogP contribution in [-0.4, -0.2) is 68.2 Å². The van der Waals surface area contributed by atoms with Gasteiger partial charge in [0.15, 0.2) is 5.82 Å². The van der Waals surface area contributed by atoms with Gasteiger partial charge in [-0.3, -0.25) is 9.69 Å². The van der Waals surface area contributed by atoms with Gasteiger partial charge in [-0.2, -0.15) is 0 Å². The number of benzene rings is 1. The molecule has 0 saturated carbocycles. The summed E-state index contributed by atoms with van der Waals surface area (Å²) >= 11 is 0. The fraction of sp³-hybridized carbons (Fsp3) is 0.565. The Hall–Kier alpha value is -2.58. The molecule has 1 saturated heterocycles. The predicted molar refractivity (Wildman–Crippen MR) is 122 cm³/mol. The molecule has 8 nitrogen and oxygen atoms in total. The zero-order valence-corrected chi connectivity index (χ0v) is 19.4. The number of H-pyrrole nitrogens is 1. The third-order valence-corrected chi connectivity index (χ3v) is 6.85. The van der Waals surface area contributed by atoms with Crippen LogP contribution in [-0.2, 0) is 5.54 Å². The van der Waals surface area contributed by atoms with Crippen molar-refractivity contribution in [1.29, 1.82) is 0 Å². The molecule has 1 atom stereocenters. The number of pyridine rings is 1. The normalized spacial score (nSPS) is 17.4. The molecule has 31 heavy (non-hydrogen) atoms. The summed E-state index contributed by atoms with van der Waals surface area (Å²) in [6.07, 6.45) is 0.882. The Morgan fingerprint density at radius 2 is 1.81 bits per heavy atom. The van der Waals surface area contributed by atoms with Crippen LogP contribution < -0.4 is 5.56 Å². The van der Waals surface area contributed by atoms with Crippen molar-refractivity contribution in [2.24, 2.45) is 0 Å². The van der Waals surface area contributed by atoms with Gasteiger partial charge in [-0.1, -0.05) is 19.1 Å². The van der Waals surface area contributed by atoms with Gasteiger partial charge in [0, 0.05) is 37.1 Å². The molecule has 0 unspecified atom stereocenters. The Balaban J connectivity index is 1.93. The monoisotopic (exact) mass is 423 g/mol. The van der Waals surface area contributed by atoms with Crippen molar-refractivity contribution in [2.45, 2.75) is 52.6 Å². The molecule has 0 bridgehead atoms. The summed E-state index contributed by atoms with van der Waals surface area (Å²) in [6, 6.07) is 5.91. The summed E-state index contributed by atoms with van der Waals surface area (Å²) in [5.41, 5.74) is 3.49. The molecule has 1 N–H and O–H groups in total. The molecule has 2 aromatic heterocycles. The van der Waals surface area contributed by atoms with E-state index in [-0.39, 0.29) is 17.1 Å². The van der Waals surface area contributed by atoms with Crippen LogP contribution in [0.2, 0.25) is 0 Å². The first kappa shape index (κ1) is 21.6. The first-order valence-corrected chi connectivity index (χ1v) is 11.1. The number of nitrogens with one attached hydrogen (secondary N) is 1. The Bertz CT molecular complexity index is 1140. The Morgan fingerprint density at radius 3 is 2.48 bits per heavy atom. The number of tetrazole rings is 1. The van der Waals surface area contributed by atoms with E-state index >= 15 is 0 Å². The van der Waals surface area contributed by atoms with E-state index < -0.39 is 0 Å². The summed E-state index contributed by atoms with van der Waals surface area (Å²) < 4.78 is 1.91. The molecule has 8 heteroatoms. The third kappa shape index (κ3) is 3.90. The highest BCUT2D eigenvalue weighted by atomic mass is 16.1. The van der Waals surface area contributed by atoms with Crippen LogP contribution in [0.25, 0.3) is 10.9 Å². The van der Waals surface area contributed by atoms with Crippen LogP contribution in [0.1, 0.15) is 55.7 Å². The number of piperazine rings is 1. The number of rotatable bonds is 5. The van der Waals surface area contributed by atoms with Crippen LogP contribution in [0.5, 0.6) is 0 Å². The second kappa shape index (κ2) is 8.16. The van der Waals surface area contributed by atoms with E-state index in [2.05, 4.69) is 83.3 Å². The number of hydrogen-bond donors (Lipinski definition) is 1. The second-order valence-electron chi connectivity index (χ2n) is 9.40. The molecule has 1 aliphatic rings. The van der Waals surface area contributed by atoms with Crippen molar-refractivity contribution >= 4 is 10.9 Å². The molecule has 4 rings (SSSR count). The maximum Gasteiger partial charge on any atom is 0.253 e. The zero-order chi connectivity index (χ0) is 22.3. The average Bonchev–Trinajstić information content (AvgIpc) is 3.23. The second-order valence-corrected chi connectivity index (χ2v) is 9.40. The average molecular weight is 424 g/mol. The lowest BCUT2D eigenvalue weighted by molar-refractivity contribution is 0.117. The van der Waals surface area contributed by atoms with Crippen LogP contribution in [0.15, 0.2) is 23.0 Å². The number of hydrogen-bond acceptors (Lipinski definition) is 6. The molecule has 0 aliphatic carbocycles. The van der Waals surface area contributed by atoms with E-state index in [1.807, 2.05) is 11.6 Å². The molecular weight excluding hydrogens is 390 g/mol. The van der Waals surface area contributed by atoms with Gasteiger partial charge in [0.05, 0.1) is 11.1 Å². The number of aryl methyl sites for hydroxylation is 2. The molecule has 166 valence electrons. The number of nitrogens with zero attached hydrogens (tertiary/aromatic N) is 6. The van der Waals surface area contributed by atoms with Crippen molar-refractivity contribution in [3.63, 3.8) is 0 Å². The van der Waals surface area contributed by atoms with Gasteiger partial charge < -0.3 is 9.88 Å². The van der Waals surface area contributed by atoms with E-state index in [1.54, 1.807) is 0 Å². The fourth-order valence-electron chi connectivity index (χ4n) is 4.32. The number of likely N-dealkylation sites (N-methyl/N-ethyl adjacent to an activating group) is 1. The number of aromatic nitrogens is 5. The van der Waals surface area contributed by atoms with E-state index in [0.29, 0.717) is 5.56 Å². The Kier molecular flexibility index (Phi) is 5.70. The maximum absolute atomic E-state index is 13.4. The highest BCUT2D eigenvalue weighted by Crippen LogP contribution is 2.31. The molecule has 1 fully saturated rings. The Labute approximate surface area is 183 Å². The molecular formula is C23H33N7O. The van der Waals surface area contributed by atoms with Gasteiger partial charge in [-0.15, -0.1) is 5.10 Å². The summed E-state index contributed by atoms with van der Waals surface area (Å²) in [7, 11) is 2.13. The lowest BCUT2D eigenvalue weighted by Gasteiger charge is -2.38. The molecule has 1 aromatic carbocycles. The van der Waals surface area contributed by atoms with Gasteiger partial charge in [0.25, 0.3) is 5.56 Å². The fourth-order valence-corrected chi connectivity index (χ4v) is 4.32. The maximum atomic E-state index is 13.4. The van der Waals surface area contributed by atoms with Gasteiger partial charge in [-0.25, -0.2) is 4.68 Å². The predicted octanol–water partition coefficient (Wildman–Crippen LogP) is 2.61. The SMILES string of the molecule is CCC(C)(C)n1nnnc1[C@@H](c1cc2c(C)ccc(C)c2[nH]c1=O)N1CCN(C)CC1. The quantitative estimate of drug-likeness (QED) is 0.679. The smallest absolute Gasteiger partial charge is 0.253 e. The molecule has 0 amide bonds. The molecule has 1 aliphatic heterocycles. The summed E-state index contributed by atoms with van der Waals surface area (Å²) in [5, 5.41) is 13.9. The van der Waals surface area contributed by atoms with Crippen molar-refractivity contribution in [3.8, 4) is 0 Å². The first-order chi connectivity index (χ1) is 14.7.